The van der Waals surface area contributed by atoms with Crippen LogP contribution in [0, 0.1) is 23.0 Å². The molecule has 0 aliphatic heterocycles. The van der Waals surface area contributed by atoms with Gasteiger partial charge in [0, 0.05) is 6.54 Å². The van der Waals surface area contributed by atoms with E-state index in [9.17, 15) is 18.7 Å². The fourth-order valence-electron chi connectivity index (χ4n) is 2.40. The molecule has 104 valence electrons. The maximum absolute atomic E-state index is 13.7. The first-order chi connectivity index (χ1) is 8.97. The molecule has 3 nitrogen and oxygen atoms in total. The van der Waals surface area contributed by atoms with Crippen LogP contribution >= 0.6 is 0 Å². The van der Waals surface area contributed by atoms with Crippen molar-refractivity contribution < 1.29 is 18.7 Å². The highest BCUT2D eigenvalue weighted by Gasteiger charge is 2.42. The van der Waals surface area contributed by atoms with Crippen molar-refractivity contribution in [2.24, 2.45) is 17.1 Å². The summed E-state index contributed by atoms with van der Waals surface area (Å²) in [6.07, 6.45) is 2.33. The van der Waals surface area contributed by atoms with Gasteiger partial charge < -0.3 is 10.8 Å². The standard InChI is InChI=1S/C14H17F2NO2/c15-11-3-4-12(16)10(5-11)7-14(8-17,13(18)19)6-9-1-2-9/h3-5,9H,1-2,6-8,17H2,(H,18,19). The molecule has 1 aliphatic rings. The highest BCUT2D eigenvalue weighted by atomic mass is 19.1. The molecular formula is C14H17F2NO2. The van der Waals surface area contributed by atoms with Crippen molar-refractivity contribution in [3.63, 3.8) is 0 Å². The summed E-state index contributed by atoms with van der Waals surface area (Å²) in [5.74, 6) is -1.85. The van der Waals surface area contributed by atoms with Gasteiger partial charge in [-0.05, 0) is 42.5 Å². The van der Waals surface area contributed by atoms with E-state index in [2.05, 4.69) is 0 Å². The van der Waals surface area contributed by atoms with Crippen LogP contribution in [0.15, 0.2) is 18.2 Å². The van der Waals surface area contributed by atoms with Crippen molar-refractivity contribution in [3.8, 4) is 0 Å². The number of nitrogens with two attached hydrogens (primary N) is 1. The zero-order chi connectivity index (χ0) is 14.0. The van der Waals surface area contributed by atoms with Crippen molar-refractivity contribution in [1.29, 1.82) is 0 Å². The minimum absolute atomic E-state index is 0.0705. The Bertz CT molecular complexity index is 488. The van der Waals surface area contributed by atoms with Gasteiger partial charge in [-0.15, -0.1) is 0 Å². The molecule has 0 heterocycles. The van der Waals surface area contributed by atoms with E-state index in [4.69, 9.17) is 5.73 Å². The van der Waals surface area contributed by atoms with E-state index in [1.807, 2.05) is 0 Å². The fourth-order valence-corrected chi connectivity index (χ4v) is 2.40. The molecule has 1 aromatic rings. The van der Waals surface area contributed by atoms with Crippen LogP contribution in [0.1, 0.15) is 24.8 Å². The number of halogens is 2. The maximum Gasteiger partial charge on any atom is 0.311 e. The molecule has 1 fully saturated rings. The molecule has 1 saturated carbocycles. The minimum atomic E-state index is -1.20. The van der Waals surface area contributed by atoms with Gasteiger partial charge in [0.25, 0.3) is 0 Å². The average Bonchev–Trinajstić information content (AvgIpc) is 3.16. The molecule has 1 unspecified atom stereocenters. The van der Waals surface area contributed by atoms with Crippen LogP contribution in [0.25, 0.3) is 0 Å². The summed E-state index contributed by atoms with van der Waals surface area (Å²) in [7, 11) is 0. The van der Waals surface area contributed by atoms with Gasteiger partial charge in [-0.25, -0.2) is 8.78 Å². The molecule has 0 spiro atoms. The average molecular weight is 269 g/mol. The van der Waals surface area contributed by atoms with Gasteiger partial charge in [0.15, 0.2) is 0 Å². The summed E-state index contributed by atoms with van der Waals surface area (Å²) in [4.78, 5) is 11.5. The van der Waals surface area contributed by atoms with E-state index in [1.165, 1.54) is 0 Å². The van der Waals surface area contributed by atoms with Gasteiger partial charge in [-0.1, -0.05) is 12.8 Å². The second-order valence-corrected chi connectivity index (χ2v) is 5.35. The van der Waals surface area contributed by atoms with Crippen LogP contribution in [0.2, 0.25) is 0 Å². The van der Waals surface area contributed by atoms with Gasteiger partial charge >= 0.3 is 5.97 Å². The van der Waals surface area contributed by atoms with Crippen molar-refractivity contribution in [1.82, 2.24) is 0 Å². The molecule has 1 aliphatic carbocycles. The Morgan fingerprint density at radius 3 is 2.63 bits per heavy atom. The van der Waals surface area contributed by atoms with Crippen molar-refractivity contribution in [2.45, 2.75) is 25.7 Å². The van der Waals surface area contributed by atoms with E-state index >= 15 is 0 Å². The molecule has 3 N–H and O–H groups in total. The number of carbonyl (C=O) groups is 1. The predicted molar refractivity (Wildman–Crippen MR) is 66.5 cm³/mol. The molecule has 19 heavy (non-hydrogen) atoms. The lowest BCUT2D eigenvalue weighted by Gasteiger charge is -2.28. The largest absolute Gasteiger partial charge is 0.481 e. The number of carboxylic acid groups (broad SMARTS) is 1. The summed E-state index contributed by atoms with van der Waals surface area (Å²) in [5, 5.41) is 9.43. The van der Waals surface area contributed by atoms with Crippen LogP contribution in [-0.2, 0) is 11.2 Å². The first-order valence-electron chi connectivity index (χ1n) is 6.34. The summed E-state index contributed by atoms with van der Waals surface area (Å²) >= 11 is 0. The zero-order valence-electron chi connectivity index (χ0n) is 10.5. The second-order valence-electron chi connectivity index (χ2n) is 5.35. The topological polar surface area (TPSA) is 63.3 Å². The first kappa shape index (κ1) is 13.9. The number of hydrogen-bond donors (Lipinski definition) is 2. The molecule has 0 radical (unpaired) electrons. The van der Waals surface area contributed by atoms with Crippen LogP contribution in [0.5, 0.6) is 0 Å². The molecule has 0 aromatic heterocycles. The number of benzene rings is 1. The molecule has 1 atom stereocenters. The molecule has 1 aromatic carbocycles. The Morgan fingerprint density at radius 2 is 2.11 bits per heavy atom. The molecule has 0 amide bonds. The van der Waals surface area contributed by atoms with Gasteiger partial charge in [0.1, 0.15) is 11.6 Å². The summed E-state index contributed by atoms with van der Waals surface area (Å²) < 4.78 is 26.8. The van der Waals surface area contributed by atoms with Crippen LogP contribution in [0.4, 0.5) is 8.78 Å². The van der Waals surface area contributed by atoms with Gasteiger partial charge in [-0.3, -0.25) is 4.79 Å². The quantitative estimate of drug-likeness (QED) is 0.833. The van der Waals surface area contributed by atoms with E-state index in [-0.39, 0.29) is 18.5 Å². The third-order valence-electron chi connectivity index (χ3n) is 3.76. The second kappa shape index (κ2) is 5.25. The molecule has 0 saturated heterocycles. The van der Waals surface area contributed by atoms with Gasteiger partial charge in [0.2, 0.25) is 0 Å². The monoisotopic (exact) mass is 269 g/mol. The van der Waals surface area contributed by atoms with Gasteiger partial charge in [-0.2, -0.15) is 0 Å². The highest BCUT2D eigenvalue weighted by molar-refractivity contribution is 5.75. The van der Waals surface area contributed by atoms with Crippen LogP contribution in [0.3, 0.4) is 0 Å². The molecular weight excluding hydrogens is 252 g/mol. The molecule has 5 heteroatoms. The third-order valence-corrected chi connectivity index (χ3v) is 3.76. The van der Waals surface area contributed by atoms with Crippen molar-refractivity contribution in [3.05, 3.63) is 35.4 Å². The summed E-state index contributed by atoms with van der Waals surface area (Å²) in [6.45, 7) is -0.0746. The normalized spacial score (nSPS) is 18.1. The fraction of sp³-hybridized carbons (Fsp3) is 0.500. The maximum atomic E-state index is 13.7. The SMILES string of the molecule is NCC(Cc1cc(F)ccc1F)(CC1CC1)C(=O)O. The molecule has 0 bridgehead atoms. The number of rotatable bonds is 6. The number of carboxylic acids is 1. The smallest absolute Gasteiger partial charge is 0.311 e. The van der Waals surface area contributed by atoms with Crippen LogP contribution < -0.4 is 5.73 Å². The number of aliphatic carboxylic acids is 1. The Labute approximate surface area is 110 Å². The van der Waals surface area contributed by atoms with E-state index in [0.717, 1.165) is 31.0 Å². The van der Waals surface area contributed by atoms with E-state index in [1.54, 1.807) is 0 Å². The third kappa shape index (κ3) is 3.10. The molecule has 2 rings (SSSR count). The zero-order valence-corrected chi connectivity index (χ0v) is 10.5. The lowest BCUT2D eigenvalue weighted by Crippen LogP contribution is -2.41. The lowest BCUT2D eigenvalue weighted by molar-refractivity contribution is -0.149. The Hall–Kier alpha value is -1.49. The Morgan fingerprint density at radius 1 is 1.42 bits per heavy atom. The highest BCUT2D eigenvalue weighted by Crippen LogP contribution is 2.42. The Balaban J connectivity index is 2.27. The van der Waals surface area contributed by atoms with Crippen molar-refractivity contribution >= 4 is 5.97 Å². The first-order valence-corrected chi connectivity index (χ1v) is 6.34. The predicted octanol–water partition coefficient (Wildman–Crippen LogP) is 2.34. The minimum Gasteiger partial charge on any atom is -0.481 e. The van der Waals surface area contributed by atoms with Crippen molar-refractivity contribution in [2.75, 3.05) is 6.54 Å². The number of hydrogen-bond acceptors (Lipinski definition) is 2. The lowest BCUT2D eigenvalue weighted by atomic mass is 9.77. The van der Waals surface area contributed by atoms with Crippen LogP contribution in [-0.4, -0.2) is 17.6 Å². The summed E-state index contributed by atoms with van der Waals surface area (Å²) in [6, 6.07) is 3.09. The van der Waals surface area contributed by atoms with E-state index in [0.29, 0.717) is 12.3 Å². The van der Waals surface area contributed by atoms with Gasteiger partial charge in [0.05, 0.1) is 5.41 Å². The Kier molecular flexibility index (Phi) is 3.85. The summed E-state index contributed by atoms with van der Waals surface area (Å²) in [5.41, 5.74) is 4.50. The van der Waals surface area contributed by atoms with E-state index < -0.39 is 23.0 Å².